The third kappa shape index (κ3) is 8.72. The Hall–Kier alpha value is -1.97. The summed E-state index contributed by atoms with van der Waals surface area (Å²) in [6, 6.07) is -1.35. The molecule has 10 heteroatoms. The zero-order chi connectivity index (χ0) is 24.6. The van der Waals surface area contributed by atoms with Gasteiger partial charge >= 0.3 is 12.1 Å². The quantitative estimate of drug-likeness (QED) is 0.458. The molecule has 33 heavy (non-hydrogen) atoms. The van der Waals surface area contributed by atoms with E-state index >= 15 is 0 Å². The average molecular weight is 486 g/mol. The Morgan fingerprint density at radius 3 is 2.33 bits per heavy atom. The molecule has 2 rings (SSSR count). The number of amides is 3. The first kappa shape index (κ1) is 27.3. The van der Waals surface area contributed by atoms with E-state index in [2.05, 4.69) is 10.6 Å². The Labute approximate surface area is 200 Å². The number of carboxylic acid groups (broad SMARTS) is 1. The van der Waals surface area contributed by atoms with Crippen molar-refractivity contribution in [2.75, 3.05) is 25.1 Å². The molecule has 2 fully saturated rings. The second-order valence-corrected chi connectivity index (χ2v) is 11.0. The summed E-state index contributed by atoms with van der Waals surface area (Å²) in [5.41, 5.74) is -0.606. The lowest BCUT2D eigenvalue weighted by Crippen LogP contribution is -2.48. The van der Waals surface area contributed by atoms with Gasteiger partial charge in [0.2, 0.25) is 11.8 Å². The van der Waals surface area contributed by atoms with Gasteiger partial charge in [-0.2, -0.15) is 11.8 Å². The molecule has 0 radical (unpaired) electrons. The van der Waals surface area contributed by atoms with E-state index in [1.54, 1.807) is 32.5 Å². The molecule has 1 aliphatic heterocycles. The standard InChI is InChI=1S/C23H39N3O6S/c1-23(2,3)32-22(31)26-12-5-6-18(26)20(28)24-14-15-7-9-16(10-8-15)19(27)25-17(21(29)30)11-13-33-4/h15-18H,5-14H2,1-4H3,(H,24,28)(H,25,27)(H,29,30)/t15?,16?,17-,18+/m1/s1. The van der Waals surface area contributed by atoms with Crippen molar-refractivity contribution < 1.29 is 29.0 Å². The van der Waals surface area contributed by atoms with E-state index in [1.165, 1.54) is 4.90 Å². The number of aliphatic carboxylic acids is 1. The van der Waals surface area contributed by atoms with Crippen LogP contribution in [0.3, 0.4) is 0 Å². The second-order valence-electron chi connectivity index (χ2n) is 9.98. The van der Waals surface area contributed by atoms with Gasteiger partial charge in [-0.25, -0.2) is 9.59 Å². The van der Waals surface area contributed by atoms with Crippen LogP contribution in [0, 0.1) is 11.8 Å². The van der Waals surface area contributed by atoms with Crippen molar-refractivity contribution in [2.45, 2.75) is 83.4 Å². The van der Waals surface area contributed by atoms with Crippen LogP contribution in [0.1, 0.15) is 65.7 Å². The number of ether oxygens (including phenoxy) is 1. The molecular formula is C23H39N3O6S. The maximum Gasteiger partial charge on any atom is 0.410 e. The third-order valence-corrected chi connectivity index (χ3v) is 6.84. The zero-order valence-electron chi connectivity index (χ0n) is 20.2. The van der Waals surface area contributed by atoms with Crippen LogP contribution in [0.25, 0.3) is 0 Å². The minimum atomic E-state index is -0.999. The molecule has 0 aromatic rings. The summed E-state index contributed by atoms with van der Waals surface area (Å²) in [6.45, 7) is 6.44. The molecule has 1 heterocycles. The van der Waals surface area contributed by atoms with Crippen molar-refractivity contribution in [3.8, 4) is 0 Å². The molecule has 2 atom stereocenters. The second kappa shape index (κ2) is 12.5. The lowest BCUT2D eigenvalue weighted by molar-refractivity contribution is -0.142. The topological polar surface area (TPSA) is 125 Å². The highest BCUT2D eigenvalue weighted by Crippen LogP contribution is 2.29. The smallest absolute Gasteiger partial charge is 0.410 e. The normalized spacial score (nSPS) is 24.1. The fraction of sp³-hybridized carbons (Fsp3) is 0.826. The third-order valence-electron chi connectivity index (χ3n) is 6.19. The fourth-order valence-corrected chi connectivity index (χ4v) is 4.82. The predicted octanol–water partition coefficient (Wildman–Crippen LogP) is 2.63. The zero-order valence-corrected chi connectivity index (χ0v) is 21.0. The van der Waals surface area contributed by atoms with Crippen LogP contribution in [0.4, 0.5) is 4.79 Å². The maximum absolute atomic E-state index is 12.7. The van der Waals surface area contributed by atoms with Gasteiger partial charge in [0.15, 0.2) is 0 Å². The molecule has 1 aliphatic carbocycles. The Kier molecular flexibility index (Phi) is 10.3. The average Bonchev–Trinajstić information content (AvgIpc) is 3.24. The van der Waals surface area contributed by atoms with E-state index in [4.69, 9.17) is 4.74 Å². The maximum atomic E-state index is 12.7. The van der Waals surface area contributed by atoms with Gasteiger partial charge in [-0.05, 0) is 83.6 Å². The van der Waals surface area contributed by atoms with Gasteiger partial charge in [0.25, 0.3) is 0 Å². The van der Waals surface area contributed by atoms with E-state index in [1.807, 2.05) is 6.26 Å². The number of nitrogens with one attached hydrogen (secondary N) is 2. The minimum Gasteiger partial charge on any atom is -0.480 e. The van der Waals surface area contributed by atoms with Crippen LogP contribution < -0.4 is 10.6 Å². The number of hydrogen-bond donors (Lipinski definition) is 3. The van der Waals surface area contributed by atoms with Crippen molar-refractivity contribution in [3.05, 3.63) is 0 Å². The number of carbonyl (C=O) groups is 4. The van der Waals surface area contributed by atoms with E-state index < -0.39 is 29.7 Å². The number of rotatable bonds is 9. The SMILES string of the molecule is CSCC[C@@H](NC(=O)C1CCC(CNC(=O)[C@@H]2CCCN2C(=O)OC(C)(C)C)CC1)C(=O)O. The summed E-state index contributed by atoms with van der Waals surface area (Å²) in [7, 11) is 0. The van der Waals surface area contributed by atoms with Crippen molar-refractivity contribution in [2.24, 2.45) is 11.8 Å². The van der Waals surface area contributed by atoms with Crippen molar-refractivity contribution in [1.29, 1.82) is 0 Å². The molecule has 3 N–H and O–H groups in total. The number of carbonyl (C=O) groups excluding carboxylic acids is 3. The fourth-order valence-electron chi connectivity index (χ4n) is 4.35. The lowest BCUT2D eigenvalue weighted by Gasteiger charge is -2.30. The molecule has 3 amide bonds. The van der Waals surface area contributed by atoms with E-state index in [0.717, 1.165) is 19.3 Å². The molecule has 1 saturated heterocycles. The van der Waals surface area contributed by atoms with Gasteiger partial charge in [-0.15, -0.1) is 0 Å². The number of thioether (sulfide) groups is 1. The van der Waals surface area contributed by atoms with Crippen LogP contribution in [0.2, 0.25) is 0 Å². The summed E-state index contributed by atoms with van der Waals surface area (Å²) in [5.74, 6) is -0.593. The van der Waals surface area contributed by atoms with Crippen molar-refractivity contribution >= 4 is 35.6 Å². The first-order chi connectivity index (χ1) is 15.5. The first-order valence-corrected chi connectivity index (χ1v) is 13.2. The Balaban J connectivity index is 1.76. The molecule has 9 nitrogen and oxygen atoms in total. The van der Waals surface area contributed by atoms with Gasteiger partial charge in [-0.3, -0.25) is 14.5 Å². The van der Waals surface area contributed by atoms with E-state index in [0.29, 0.717) is 44.5 Å². The number of likely N-dealkylation sites (tertiary alicyclic amines) is 1. The number of nitrogens with zero attached hydrogens (tertiary/aromatic N) is 1. The van der Waals surface area contributed by atoms with Gasteiger partial charge in [0, 0.05) is 19.0 Å². The van der Waals surface area contributed by atoms with Gasteiger partial charge < -0.3 is 20.5 Å². The molecule has 0 spiro atoms. The number of hydrogen-bond acceptors (Lipinski definition) is 6. The summed E-state index contributed by atoms with van der Waals surface area (Å²) >= 11 is 1.55. The Bertz CT molecular complexity index is 703. The van der Waals surface area contributed by atoms with Crippen LogP contribution in [0.15, 0.2) is 0 Å². The Morgan fingerprint density at radius 1 is 1.09 bits per heavy atom. The van der Waals surface area contributed by atoms with Crippen molar-refractivity contribution in [1.82, 2.24) is 15.5 Å². The molecule has 0 bridgehead atoms. The van der Waals surface area contributed by atoms with Crippen LogP contribution in [0.5, 0.6) is 0 Å². The highest BCUT2D eigenvalue weighted by atomic mass is 32.2. The Morgan fingerprint density at radius 2 is 1.76 bits per heavy atom. The summed E-state index contributed by atoms with van der Waals surface area (Å²) in [5, 5.41) is 15.0. The largest absolute Gasteiger partial charge is 0.480 e. The first-order valence-electron chi connectivity index (χ1n) is 11.8. The van der Waals surface area contributed by atoms with Crippen molar-refractivity contribution in [3.63, 3.8) is 0 Å². The monoisotopic (exact) mass is 485 g/mol. The minimum absolute atomic E-state index is 0.156. The molecular weight excluding hydrogens is 446 g/mol. The number of carboxylic acids is 1. The lowest BCUT2D eigenvalue weighted by atomic mass is 9.81. The summed E-state index contributed by atoms with van der Waals surface area (Å²) in [4.78, 5) is 50.5. The summed E-state index contributed by atoms with van der Waals surface area (Å²) in [6.07, 6.45) is 6.19. The van der Waals surface area contributed by atoms with E-state index in [-0.39, 0.29) is 23.7 Å². The van der Waals surface area contributed by atoms with E-state index in [9.17, 15) is 24.3 Å². The van der Waals surface area contributed by atoms with Crippen LogP contribution in [-0.2, 0) is 19.1 Å². The summed E-state index contributed by atoms with van der Waals surface area (Å²) < 4.78 is 5.43. The van der Waals surface area contributed by atoms with Gasteiger partial charge in [0.05, 0.1) is 0 Å². The predicted molar refractivity (Wildman–Crippen MR) is 127 cm³/mol. The highest BCUT2D eigenvalue weighted by Gasteiger charge is 2.37. The molecule has 0 aromatic heterocycles. The molecule has 2 aliphatic rings. The van der Waals surface area contributed by atoms with Gasteiger partial charge in [0.1, 0.15) is 17.7 Å². The van der Waals surface area contributed by atoms with Crippen LogP contribution >= 0.6 is 11.8 Å². The molecule has 188 valence electrons. The van der Waals surface area contributed by atoms with Crippen LogP contribution in [-0.4, -0.2) is 76.7 Å². The van der Waals surface area contributed by atoms with Gasteiger partial charge in [-0.1, -0.05) is 0 Å². The highest BCUT2D eigenvalue weighted by molar-refractivity contribution is 7.98. The molecule has 0 unspecified atom stereocenters. The molecule has 1 saturated carbocycles. The molecule has 0 aromatic carbocycles.